The molecular weight excluding hydrogens is 682 g/mol. The maximum Gasteiger partial charge on any atom is 0.321 e. The molecule has 284 valence electrons. The van der Waals surface area contributed by atoms with Crippen LogP contribution in [0.5, 0.6) is 0 Å². The molecule has 5 aromatic rings. The van der Waals surface area contributed by atoms with Crippen LogP contribution in [-0.2, 0) is 54.4 Å². The number of carbonyl (C=O) groups excluding carboxylic acids is 1. The van der Waals surface area contributed by atoms with Crippen molar-refractivity contribution in [2.75, 3.05) is 54.2 Å². The maximum atomic E-state index is 15.6. The fraction of sp³-hybridized carbons (Fsp3) is 0.364. The first-order valence-electron chi connectivity index (χ1n) is 18.5. The van der Waals surface area contributed by atoms with Gasteiger partial charge in [0.1, 0.15) is 25.8 Å². The number of hydrogen-bond acceptors (Lipinski definition) is 8. The number of pyridine rings is 1. The Labute approximate surface area is 318 Å². The van der Waals surface area contributed by atoms with E-state index in [0.29, 0.717) is 52.4 Å². The summed E-state index contributed by atoms with van der Waals surface area (Å²) in [5.41, 5.74) is 4.12. The van der Waals surface area contributed by atoms with E-state index in [0.717, 1.165) is 33.0 Å². The molecule has 2 amide bonds. The third-order valence-corrected chi connectivity index (χ3v) is 9.77. The Morgan fingerprint density at radius 1 is 0.537 bits per heavy atom. The van der Waals surface area contributed by atoms with Gasteiger partial charge in [-0.25, -0.2) is 4.79 Å². The Kier molecular flexibility index (Phi) is 15.0. The minimum Gasteiger partial charge on any atom is -0.382 e. The van der Waals surface area contributed by atoms with Gasteiger partial charge in [0.2, 0.25) is 0 Å². The first kappa shape index (κ1) is 39.0. The average molecular weight is 734 g/mol. The number of urea groups is 1. The molecule has 1 aliphatic rings. The number of hydrogen-bond donors (Lipinski definition) is 0. The summed E-state index contributed by atoms with van der Waals surface area (Å²) in [4.78, 5) is 23.8. The Balaban J connectivity index is 1.49. The van der Waals surface area contributed by atoms with Crippen molar-refractivity contribution in [2.45, 2.75) is 50.2 Å². The molecule has 2 heterocycles. The van der Waals surface area contributed by atoms with Gasteiger partial charge in [-0.2, -0.15) is 0 Å². The van der Waals surface area contributed by atoms with Gasteiger partial charge >= 0.3 is 6.03 Å². The summed E-state index contributed by atoms with van der Waals surface area (Å²) in [6.45, 7) is 2.25. The fourth-order valence-electron chi connectivity index (χ4n) is 7.06. The molecule has 1 aliphatic heterocycles. The molecule has 1 fully saturated rings. The van der Waals surface area contributed by atoms with Crippen molar-refractivity contribution in [3.05, 3.63) is 150 Å². The minimum absolute atomic E-state index is 0.00980. The number of benzene rings is 4. The number of carbonyl (C=O) groups is 1. The molecule has 54 heavy (non-hydrogen) atoms. The summed E-state index contributed by atoms with van der Waals surface area (Å²) < 4.78 is 36.0. The topological polar surface area (TPSA) is 91.8 Å². The van der Waals surface area contributed by atoms with Gasteiger partial charge in [0.15, 0.2) is 0 Å². The standard InChI is InChI=1S/C44H51N3O7/c1-49-23-25-51-32-53-42-40(28-34-11-5-3-6-12-34)46(30-36-19-21-45-22-20-36)44(48)47(31-37-17-18-38-15-9-10-16-39(38)27-37)41(29-35-13-7-4-8-14-35)43(42)54-33-52-26-24-50-2/h3-22,27,40-43H,23-26,28-33H2,1-2H3/t40-,41-,42+,43+/m1/s1. The number of fused-ring (bicyclic) bond motifs is 1. The van der Waals surface area contributed by atoms with Crippen molar-refractivity contribution in [3.63, 3.8) is 0 Å². The zero-order chi connectivity index (χ0) is 37.4. The van der Waals surface area contributed by atoms with Gasteiger partial charge < -0.3 is 38.2 Å². The molecule has 10 heteroatoms. The molecule has 6 rings (SSSR count). The van der Waals surface area contributed by atoms with Crippen molar-refractivity contribution in [3.8, 4) is 0 Å². The highest BCUT2D eigenvalue weighted by Gasteiger charge is 2.49. The van der Waals surface area contributed by atoms with Gasteiger partial charge in [0.25, 0.3) is 0 Å². The van der Waals surface area contributed by atoms with Crippen molar-refractivity contribution in [1.82, 2.24) is 14.8 Å². The van der Waals surface area contributed by atoms with E-state index in [9.17, 15) is 0 Å². The molecule has 0 N–H and O–H groups in total. The first-order chi connectivity index (χ1) is 26.6. The van der Waals surface area contributed by atoms with Crippen LogP contribution >= 0.6 is 0 Å². The van der Waals surface area contributed by atoms with Gasteiger partial charge in [-0.3, -0.25) is 4.98 Å². The second-order valence-electron chi connectivity index (χ2n) is 13.4. The second kappa shape index (κ2) is 20.7. The predicted molar refractivity (Wildman–Crippen MR) is 208 cm³/mol. The highest BCUT2D eigenvalue weighted by Crippen LogP contribution is 2.33. The quantitative estimate of drug-likeness (QED) is 0.0630. The van der Waals surface area contributed by atoms with Crippen LogP contribution in [0.3, 0.4) is 0 Å². The number of methoxy groups -OCH3 is 2. The summed E-state index contributed by atoms with van der Waals surface area (Å²) in [7, 11) is 3.28. The average Bonchev–Trinajstić information content (AvgIpc) is 3.28. The smallest absolute Gasteiger partial charge is 0.321 e. The molecule has 0 radical (unpaired) electrons. The molecule has 0 aliphatic carbocycles. The second-order valence-corrected chi connectivity index (χ2v) is 13.4. The van der Waals surface area contributed by atoms with Crippen LogP contribution < -0.4 is 0 Å². The number of amides is 2. The van der Waals surface area contributed by atoms with Gasteiger partial charge in [-0.05, 0) is 64.1 Å². The molecule has 4 atom stereocenters. The Morgan fingerprint density at radius 2 is 1.04 bits per heavy atom. The van der Waals surface area contributed by atoms with Gasteiger partial charge in [-0.15, -0.1) is 0 Å². The van der Waals surface area contributed by atoms with Crippen molar-refractivity contribution in [2.24, 2.45) is 0 Å². The molecule has 0 unspecified atom stereocenters. The number of nitrogens with zero attached hydrogens (tertiary/aromatic N) is 3. The zero-order valence-corrected chi connectivity index (χ0v) is 31.2. The molecule has 0 saturated carbocycles. The Morgan fingerprint density at radius 3 is 1.57 bits per heavy atom. The van der Waals surface area contributed by atoms with Crippen LogP contribution in [-0.4, -0.2) is 99.3 Å². The third-order valence-electron chi connectivity index (χ3n) is 9.77. The van der Waals surface area contributed by atoms with E-state index in [1.165, 1.54) is 0 Å². The van der Waals surface area contributed by atoms with E-state index >= 15 is 4.79 Å². The predicted octanol–water partition coefficient (Wildman–Crippen LogP) is 6.91. The van der Waals surface area contributed by atoms with Crippen LogP contribution in [0.1, 0.15) is 22.3 Å². The zero-order valence-electron chi connectivity index (χ0n) is 31.2. The first-order valence-corrected chi connectivity index (χ1v) is 18.5. The van der Waals surface area contributed by atoms with Crippen molar-refractivity contribution >= 4 is 16.8 Å². The van der Waals surface area contributed by atoms with E-state index < -0.39 is 24.3 Å². The largest absolute Gasteiger partial charge is 0.382 e. The van der Waals surface area contributed by atoms with Crippen LogP contribution in [0.25, 0.3) is 10.8 Å². The van der Waals surface area contributed by atoms with Crippen molar-refractivity contribution in [1.29, 1.82) is 0 Å². The highest BCUT2D eigenvalue weighted by atomic mass is 16.7. The van der Waals surface area contributed by atoms with E-state index in [2.05, 4.69) is 59.6 Å². The van der Waals surface area contributed by atoms with E-state index in [1.54, 1.807) is 26.6 Å². The highest BCUT2D eigenvalue weighted by molar-refractivity contribution is 5.83. The van der Waals surface area contributed by atoms with Crippen LogP contribution in [0, 0.1) is 0 Å². The third kappa shape index (κ3) is 10.7. The van der Waals surface area contributed by atoms with E-state index in [1.807, 2.05) is 70.5 Å². The van der Waals surface area contributed by atoms with Crippen LogP contribution in [0.15, 0.2) is 128 Å². The summed E-state index contributed by atoms with van der Waals surface area (Å²) in [6.07, 6.45) is 3.31. The lowest BCUT2D eigenvalue weighted by Crippen LogP contribution is -2.53. The number of aromatic nitrogens is 1. The SMILES string of the molecule is COCCOCO[C@@H]1[C@@H](OCOCCOC)[C@@H](Cc2ccccc2)N(Cc2ccc3ccccc3c2)C(=O)N(Cc2ccncc2)[C@@H]1Cc1ccccc1. The molecule has 4 aromatic carbocycles. The summed E-state index contributed by atoms with van der Waals surface area (Å²) >= 11 is 0. The van der Waals surface area contributed by atoms with Gasteiger partial charge in [0, 0.05) is 39.7 Å². The monoisotopic (exact) mass is 733 g/mol. The normalized spacial score (nSPS) is 19.0. The lowest BCUT2D eigenvalue weighted by atomic mass is 9.90. The maximum absolute atomic E-state index is 15.6. The van der Waals surface area contributed by atoms with Crippen molar-refractivity contribution < 1.29 is 33.2 Å². The minimum atomic E-state index is -0.626. The van der Waals surface area contributed by atoms with Crippen LogP contribution in [0.4, 0.5) is 4.79 Å². The van der Waals surface area contributed by atoms with E-state index in [-0.39, 0.29) is 19.6 Å². The van der Waals surface area contributed by atoms with Crippen LogP contribution in [0.2, 0.25) is 0 Å². The van der Waals surface area contributed by atoms with E-state index in [4.69, 9.17) is 28.4 Å². The summed E-state index contributed by atoms with van der Waals surface area (Å²) in [6, 6.07) is 38.0. The number of ether oxygens (including phenoxy) is 6. The summed E-state index contributed by atoms with van der Waals surface area (Å²) in [5.74, 6) is 0. The molecule has 1 saturated heterocycles. The lowest BCUT2D eigenvalue weighted by Gasteiger charge is -2.38. The fourth-order valence-corrected chi connectivity index (χ4v) is 7.06. The molecular formula is C44H51N3O7. The molecule has 0 spiro atoms. The number of rotatable bonds is 20. The van der Waals surface area contributed by atoms with Gasteiger partial charge in [-0.1, -0.05) is 97.1 Å². The molecule has 1 aromatic heterocycles. The lowest BCUT2D eigenvalue weighted by molar-refractivity contribution is -0.192. The summed E-state index contributed by atoms with van der Waals surface area (Å²) in [5, 5.41) is 2.25. The Hall–Kier alpha value is -4.68. The molecule has 10 nitrogen and oxygen atoms in total. The van der Waals surface area contributed by atoms with Gasteiger partial charge in [0.05, 0.1) is 38.5 Å². The Bertz CT molecular complexity index is 1830. The molecule has 0 bridgehead atoms.